The molecule has 1 atom stereocenters. The van der Waals surface area contributed by atoms with Crippen LogP contribution in [0.15, 0.2) is 73.1 Å². The van der Waals surface area contributed by atoms with Crippen LogP contribution in [0.1, 0.15) is 40.0 Å². The van der Waals surface area contributed by atoms with Crippen molar-refractivity contribution in [1.82, 2.24) is 15.3 Å². The van der Waals surface area contributed by atoms with Gasteiger partial charge >= 0.3 is 0 Å². The first kappa shape index (κ1) is 24.3. The number of nitrogens with one attached hydrogen (secondary N) is 2. The number of nitriles is 1. The fraction of sp³-hybridized carbons (Fsp3) is 0.111. The Morgan fingerprint density at radius 1 is 1.03 bits per heavy atom. The van der Waals surface area contributed by atoms with Gasteiger partial charge in [-0.25, -0.2) is 18.7 Å². The van der Waals surface area contributed by atoms with E-state index in [2.05, 4.69) is 20.6 Å². The van der Waals surface area contributed by atoms with Crippen molar-refractivity contribution in [3.05, 3.63) is 107 Å². The summed E-state index contributed by atoms with van der Waals surface area (Å²) in [5.41, 5.74) is 8.39. The molecule has 2 heterocycles. The van der Waals surface area contributed by atoms with E-state index in [0.29, 0.717) is 22.5 Å². The molecular weight excluding hydrogens is 462 g/mol. The lowest BCUT2D eigenvalue weighted by molar-refractivity contribution is 0.0940. The number of nitrogens with two attached hydrogens (primary N) is 1. The Hall–Kier alpha value is -4.84. The molecule has 180 valence electrons. The Kier molecular flexibility index (Phi) is 7.16. The first-order valence-electron chi connectivity index (χ1n) is 11.0. The van der Waals surface area contributed by atoms with Crippen molar-refractivity contribution >= 4 is 17.5 Å². The molecule has 0 spiro atoms. The average molecular weight is 485 g/mol. The number of nitrogen functional groups attached to an aromatic ring is 1. The number of anilines is 2. The van der Waals surface area contributed by atoms with Crippen molar-refractivity contribution in [2.75, 3.05) is 11.1 Å². The van der Waals surface area contributed by atoms with Gasteiger partial charge in [0.15, 0.2) is 0 Å². The van der Waals surface area contributed by atoms with Crippen molar-refractivity contribution in [3.8, 4) is 17.2 Å². The van der Waals surface area contributed by atoms with Crippen molar-refractivity contribution in [2.24, 2.45) is 0 Å². The number of amides is 1. The molecule has 2 aromatic heterocycles. The summed E-state index contributed by atoms with van der Waals surface area (Å²) in [4.78, 5) is 21.2. The summed E-state index contributed by atoms with van der Waals surface area (Å²) < 4.78 is 28.1. The van der Waals surface area contributed by atoms with E-state index in [1.54, 1.807) is 49.5 Å². The molecule has 0 saturated carbocycles. The van der Waals surface area contributed by atoms with Crippen molar-refractivity contribution in [1.29, 1.82) is 5.26 Å². The number of hydrogen-bond donors (Lipinski definition) is 3. The lowest BCUT2D eigenvalue weighted by atomic mass is 10.0. The van der Waals surface area contributed by atoms with Crippen LogP contribution in [0.25, 0.3) is 11.1 Å². The summed E-state index contributed by atoms with van der Waals surface area (Å²) in [5, 5.41) is 15.1. The van der Waals surface area contributed by atoms with Gasteiger partial charge in [-0.1, -0.05) is 24.3 Å². The molecule has 0 aliphatic rings. The van der Waals surface area contributed by atoms with Crippen molar-refractivity contribution in [3.63, 3.8) is 0 Å². The number of aromatic nitrogens is 2. The van der Waals surface area contributed by atoms with Gasteiger partial charge in [-0.15, -0.1) is 0 Å². The third-order valence-electron chi connectivity index (χ3n) is 5.60. The number of benzene rings is 2. The van der Waals surface area contributed by atoms with Gasteiger partial charge < -0.3 is 16.4 Å². The van der Waals surface area contributed by atoms with Gasteiger partial charge in [0.1, 0.15) is 29.3 Å². The molecule has 0 unspecified atom stereocenters. The molecule has 7 nitrogen and oxygen atoms in total. The number of pyridine rings is 2. The highest BCUT2D eigenvalue weighted by molar-refractivity contribution is 5.99. The second kappa shape index (κ2) is 10.6. The van der Waals surface area contributed by atoms with Gasteiger partial charge in [-0.2, -0.15) is 5.26 Å². The number of carbonyl (C=O) groups is 1. The maximum absolute atomic E-state index is 14.8. The van der Waals surface area contributed by atoms with Crippen LogP contribution in [0, 0.1) is 23.0 Å². The van der Waals surface area contributed by atoms with E-state index in [4.69, 9.17) is 5.73 Å². The van der Waals surface area contributed by atoms with Crippen LogP contribution < -0.4 is 16.4 Å². The van der Waals surface area contributed by atoms with Gasteiger partial charge in [0.25, 0.3) is 5.91 Å². The fourth-order valence-electron chi connectivity index (χ4n) is 3.57. The summed E-state index contributed by atoms with van der Waals surface area (Å²) in [5.74, 6) is -0.724. The topological polar surface area (TPSA) is 117 Å². The Bertz CT molecular complexity index is 1430. The van der Waals surface area contributed by atoms with Crippen LogP contribution in [0.3, 0.4) is 0 Å². The molecule has 0 bridgehead atoms. The van der Waals surface area contributed by atoms with Gasteiger partial charge in [0, 0.05) is 30.1 Å². The van der Waals surface area contributed by atoms with Gasteiger partial charge in [-0.3, -0.25) is 4.79 Å². The lowest BCUT2D eigenvalue weighted by Crippen LogP contribution is -2.28. The average Bonchev–Trinajstić information content (AvgIpc) is 2.88. The molecule has 0 aliphatic carbocycles. The number of carbonyl (C=O) groups excluding carboxylic acids is 1. The quantitative estimate of drug-likeness (QED) is 0.341. The smallest absolute Gasteiger partial charge is 0.255 e. The standard InChI is InChI=1S/C27H22F2N6O/c1-16(18-4-7-22(28)8-5-18)35-27(36)23-10-17(12-30)13-33-26(23)34-15-21-3-2-19(11-24(21)29)20-6-9-25(31)32-14-20/h2-11,13-14,16H,15H2,1H3,(H2,31,32)(H,33,34)(H,35,36)/t16-/m0/s1. The second-order valence-corrected chi connectivity index (χ2v) is 8.11. The molecule has 36 heavy (non-hydrogen) atoms. The summed E-state index contributed by atoms with van der Waals surface area (Å²) in [6.45, 7) is 1.81. The number of nitrogens with zero attached hydrogens (tertiary/aromatic N) is 3. The van der Waals surface area contributed by atoms with Crippen LogP contribution in [0.4, 0.5) is 20.4 Å². The maximum Gasteiger partial charge on any atom is 0.255 e. The zero-order valence-corrected chi connectivity index (χ0v) is 19.3. The summed E-state index contributed by atoms with van der Waals surface area (Å²) in [7, 11) is 0. The molecule has 0 radical (unpaired) electrons. The predicted molar refractivity (Wildman–Crippen MR) is 133 cm³/mol. The highest BCUT2D eigenvalue weighted by Crippen LogP contribution is 2.23. The summed E-state index contributed by atoms with van der Waals surface area (Å²) in [6.07, 6.45) is 2.90. The van der Waals surface area contributed by atoms with E-state index >= 15 is 0 Å². The molecule has 0 aliphatic heterocycles. The minimum Gasteiger partial charge on any atom is -0.384 e. The van der Waals surface area contributed by atoms with E-state index in [1.165, 1.54) is 30.5 Å². The molecule has 4 rings (SSSR count). The lowest BCUT2D eigenvalue weighted by Gasteiger charge is -2.17. The third kappa shape index (κ3) is 5.62. The monoisotopic (exact) mass is 484 g/mol. The Morgan fingerprint density at radius 2 is 1.78 bits per heavy atom. The molecule has 0 fully saturated rings. The highest BCUT2D eigenvalue weighted by atomic mass is 19.1. The fourth-order valence-corrected chi connectivity index (χ4v) is 3.57. The predicted octanol–water partition coefficient (Wildman–Crippen LogP) is 4.98. The van der Waals surface area contributed by atoms with E-state index in [1.807, 2.05) is 6.07 Å². The Morgan fingerprint density at radius 3 is 2.44 bits per heavy atom. The first-order valence-corrected chi connectivity index (χ1v) is 11.0. The molecule has 1 amide bonds. The Labute approximate surface area is 206 Å². The number of halogens is 2. The van der Waals surface area contributed by atoms with E-state index in [0.717, 1.165) is 5.56 Å². The van der Waals surface area contributed by atoms with Crippen LogP contribution in [-0.2, 0) is 6.54 Å². The molecular formula is C27H22F2N6O. The zero-order valence-electron chi connectivity index (χ0n) is 19.3. The van der Waals surface area contributed by atoms with Crippen molar-refractivity contribution < 1.29 is 13.6 Å². The van der Waals surface area contributed by atoms with E-state index in [9.17, 15) is 18.8 Å². The maximum atomic E-state index is 14.8. The molecule has 4 N–H and O–H groups in total. The zero-order chi connectivity index (χ0) is 25.7. The van der Waals surface area contributed by atoms with Crippen LogP contribution in [0.2, 0.25) is 0 Å². The molecule has 2 aromatic carbocycles. The molecule has 0 saturated heterocycles. The summed E-state index contributed by atoms with van der Waals surface area (Å²) >= 11 is 0. The third-order valence-corrected chi connectivity index (χ3v) is 5.60. The van der Waals surface area contributed by atoms with Gasteiger partial charge in [0.2, 0.25) is 0 Å². The number of hydrogen-bond acceptors (Lipinski definition) is 6. The largest absolute Gasteiger partial charge is 0.384 e. The minimum atomic E-state index is -0.481. The molecule has 9 heteroatoms. The normalized spacial score (nSPS) is 11.4. The van der Waals surface area contributed by atoms with Crippen LogP contribution >= 0.6 is 0 Å². The second-order valence-electron chi connectivity index (χ2n) is 8.11. The molecule has 4 aromatic rings. The van der Waals surface area contributed by atoms with E-state index in [-0.39, 0.29) is 29.3 Å². The highest BCUT2D eigenvalue weighted by Gasteiger charge is 2.18. The van der Waals surface area contributed by atoms with Crippen LogP contribution in [-0.4, -0.2) is 15.9 Å². The van der Waals surface area contributed by atoms with Gasteiger partial charge in [0.05, 0.1) is 17.2 Å². The number of rotatable bonds is 7. The Balaban J connectivity index is 1.51. The SMILES string of the molecule is C[C@H](NC(=O)c1cc(C#N)cnc1NCc1ccc(-c2ccc(N)nc2)cc1F)c1ccc(F)cc1. The minimum absolute atomic E-state index is 0.0544. The van der Waals surface area contributed by atoms with E-state index < -0.39 is 17.8 Å². The summed E-state index contributed by atoms with van der Waals surface area (Å²) in [6, 6.07) is 16.9. The first-order chi connectivity index (χ1) is 17.3. The van der Waals surface area contributed by atoms with Crippen LogP contribution in [0.5, 0.6) is 0 Å². The van der Waals surface area contributed by atoms with Crippen molar-refractivity contribution in [2.45, 2.75) is 19.5 Å². The van der Waals surface area contributed by atoms with Gasteiger partial charge in [-0.05, 0) is 54.4 Å².